The Morgan fingerprint density at radius 3 is 3.00 bits per heavy atom. The van der Waals surface area contributed by atoms with Gasteiger partial charge in [-0.15, -0.1) is 10.2 Å². The fourth-order valence-corrected chi connectivity index (χ4v) is 3.79. The molecule has 0 atom stereocenters. The predicted octanol–water partition coefficient (Wildman–Crippen LogP) is 2.83. The van der Waals surface area contributed by atoms with Crippen LogP contribution in [0.3, 0.4) is 0 Å². The van der Waals surface area contributed by atoms with Gasteiger partial charge in [-0.05, 0) is 35.7 Å². The summed E-state index contributed by atoms with van der Waals surface area (Å²) in [6.45, 7) is 2.12. The summed E-state index contributed by atoms with van der Waals surface area (Å²) in [5.74, 6) is -0.192. The average Bonchev–Trinajstić information content (AvgIpc) is 3.15. The van der Waals surface area contributed by atoms with Crippen molar-refractivity contribution >= 4 is 51.4 Å². The molecule has 0 fully saturated rings. The summed E-state index contributed by atoms with van der Waals surface area (Å²) < 4.78 is 5.46. The number of thiophene rings is 1. The van der Waals surface area contributed by atoms with Crippen LogP contribution in [0, 0.1) is 0 Å². The van der Waals surface area contributed by atoms with Gasteiger partial charge < -0.3 is 10.1 Å². The van der Waals surface area contributed by atoms with Crippen molar-refractivity contribution in [2.75, 3.05) is 17.7 Å². The maximum atomic E-state index is 11.8. The summed E-state index contributed by atoms with van der Waals surface area (Å²) in [4.78, 5) is 23.1. The van der Waals surface area contributed by atoms with Gasteiger partial charge in [-0.3, -0.25) is 9.59 Å². The van der Waals surface area contributed by atoms with Gasteiger partial charge in [0.2, 0.25) is 11.0 Å². The molecule has 118 valence electrons. The van der Waals surface area contributed by atoms with Crippen molar-refractivity contribution in [2.24, 2.45) is 0 Å². The summed E-state index contributed by atoms with van der Waals surface area (Å²) >= 11 is 4.11. The van der Waals surface area contributed by atoms with Crippen molar-refractivity contribution in [3.05, 3.63) is 22.4 Å². The number of carbonyl (C=O) groups excluding carboxylic acids is 2. The lowest BCUT2D eigenvalue weighted by molar-refractivity contribution is -0.139. The minimum absolute atomic E-state index is 0.0932. The third-order valence-electron chi connectivity index (χ3n) is 2.49. The van der Waals surface area contributed by atoms with Crippen molar-refractivity contribution in [3.63, 3.8) is 0 Å². The molecule has 0 aliphatic heterocycles. The first kappa shape index (κ1) is 16.9. The Morgan fingerprint density at radius 1 is 1.41 bits per heavy atom. The Balaban J connectivity index is 1.74. The molecule has 1 amide bonds. The van der Waals surface area contributed by atoms with E-state index in [1.807, 2.05) is 16.8 Å². The van der Waals surface area contributed by atoms with Crippen molar-refractivity contribution in [1.82, 2.24) is 10.2 Å². The molecule has 0 radical (unpaired) electrons. The van der Waals surface area contributed by atoms with Crippen molar-refractivity contribution in [2.45, 2.75) is 24.1 Å². The SMILES string of the molecule is CCOC(=O)CSc1nnc(NC(=O)CCc2ccsc2)s1. The van der Waals surface area contributed by atoms with E-state index in [2.05, 4.69) is 15.5 Å². The molecule has 2 rings (SSSR count). The number of aromatic nitrogens is 2. The Morgan fingerprint density at radius 2 is 2.27 bits per heavy atom. The van der Waals surface area contributed by atoms with Gasteiger partial charge in [-0.25, -0.2) is 0 Å². The Kier molecular flexibility index (Phi) is 6.81. The van der Waals surface area contributed by atoms with E-state index in [1.54, 1.807) is 18.3 Å². The molecule has 2 aromatic heterocycles. The molecule has 9 heteroatoms. The van der Waals surface area contributed by atoms with Gasteiger partial charge in [0.25, 0.3) is 0 Å². The van der Waals surface area contributed by atoms with Crippen LogP contribution in [-0.4, -0.2) is 34.4 Å². The minimum atomic E-state index is -0.288. The van der Waals surface area contributed by atoms with E-state index < -0.39 is 0 Å². The number of esters is 1. The highest BCUT2D eigenvalue weighted by Crippen LogP contribution is 2.25. The van der Waals surface area contributed by atoms with E-state index in [0.29, 0.717) is 28.9 Å². The van der Waals surface area contributed by atoms with Crippen LogP contribution >= 0.6 is 34.4 Å². The number of hydrogen-bond donors (Lipinski definition) is 1. The van der Waals surface area contributed by atoms with E-state index in [0.717, 1.165) is 5.56 Å². The standard InChI is InChI=1S/C13H15N3O3S3/c1-2-19-11(18)8-21-13-16-15-12(22-13)14-10(17)4-3-9-5-6-20-7-9/h5-7H,2-4,8H2,1H3,(H,14,15,17). The zero-order valence-corrected chi connectivity index (χ0v) is 14.4. The number of anilines is 1. The van der Waals surface area contributed by atoms with E-state index in [4.69, 9.17) is 4.74 Å². The zero-order chi connectivity index (χ0) is 15.8. The van der Waals surface area contributed by atoms with E-state index in [9.17, 15) is 9.59 Å². The van der Waals surface area contributed by atoms with Gasteiger partial charge in [-0.1, -0.05) is 23.1 Å². The Labute approximate surface area is 140 Å². The molecular formula is C13H15N3O3S3. The van der Waals surface area contributed by atoms with E-state index in [-0.39, 0.29) is 17.6 Å². The normalized spacial score (nSPS) is 10.4. The smallest absolute Gasteiger partial charge is 0.316 e. The lowest BCUT2D eigenvalue weighted by atomic mass is 10.2. The summed E-state index contributed by atoms with van der Waals surface area (Å²) in [6, 6.07) is 2.01. The largest absolute Gasteiger partial charge is 0.465 e. The van der Waals surface area contributed by atoms with Gasteiger partial charge in [0, 0.05) is 6.42 Å². The molecule has 0 saturated heterocycles. The molecular weight excluding hydrogens is 342 g/mol. The van der Waals surface area contributed by atoms with Crippen LogP contribution in [-0.2, 0) is 20.7 Å². The van der Waals surface area contributed by atoms with Crippen molar-refractivity contribution in [3.8, 4) is 0 Å². The number of hydrogen-bond acceptors (Lipinski definition) is 8. The fraction of sp³-hybridized carbons (Fsp3) is 0.385. The highest BCUT2D eigenvalue weighted by Gasteiger charge is 2.11. The molecule has 0 aromatic carbocycles. The van der Waals surface area contributed by atoms with E-state index >= 15 is 0 Å². The monoisotopic (exact) mass is 357 g/mol. The second-order valence-electron chi connectivity index (χ2n) is 4.15. The second kappa shape index (κ2) is 8.86. The third-order valence-corrected chi connectivity index (χ3v) is 5.17. The first-order chi connectivity index (χ1) is 10.7. The van der Waals surface area contributed by atoms with Gasteiger partial charge in [0.05, 0.1) is 12.4 Å². The van der Waals surface area contributed by atoms with Crippen LogP contribution < -0.4 is 5.32 Å². The summed E-state index contributed by atoms with van der Waals surface area (Å²) in [5, 5.41) is 15.0. The molecule has 22 heavy (non-hydrogen) atoms. The van der Waals surface area contributed by atoms with Crippen LogP contribution in [0.15, 0.2) is 21.2 Å². The highest BCUT2D eigenvalue weighted by atomic mass is 32.2. The van der Waals surface area contributed by atoms with Crippen LogP contribution in [0.5, 0.6) is 0 Å². The van der Waals surface area contributed by atoms with Gasteiger partial charge >= 0.3 is 5.97 Å². The third kappa shape index (κ3) is 5.74. The van der Waals surface area contributed by atoms with Gasteiger partial charge in [-0.2, -0.15) is 11.3 Å². The quantitative estimate of drug-likeness (QED) is 0.444. The number of amides is 1. The fourth-order valence-electron chi connectivity index (χ4n) is 1.52. The molecule has 2 aromatic rings. The predicted molar refractivity (Wildman–Crippen MR) is 88.5 cm³/mol. The lowest BCUT2D eigenvalue weighted by Gasteiger charge is -1.99. The summed E-state index contributed by atoms with van der Waals surface area (Å²) in [6.07, 6.45) is 1.11. The summed E-state index contributed by atoms with van der Waals surface area (Å²) in [5.41, 5.74) is 1.16. The number of aryl methyl sites for hydroxylation is 1. The lowest BCUT2D eigenvalue weighted by Crippen LogP contribution is -2.11. The minimum Gasteiger partial charge on any atom is -0.465 e. The van der Waals surface area contributed by atoms with Gasteiger partial charge in [0.1, 0.15) is 0 Å². The maximum absolute atomic E-state index is 11.8. The van der Waals surface area contributed by atoms with E-state index in [1.165, 1.54) is 23.1 Å². The molecule has 0 unspecified atom stereocenters. The summed E-state index contributed by atoms with van der Waals surface area (Å²) in [7, 11) is 0. The van der Waals surface area contributed by atoms with Crippen LogP contribution in [0.1, 0.15) is 18.9 Å². The number of nitrogens with zero attached hydrogens (tertiary/aromatic N) is 2. The van der Waals surface area contributed by atoms with Crippen molar-refractivity contribution < 1.29 is 14.3 Å². The maximum Gasteiger partial charge on any atom is 0.316 e. The molecule has 0 bridgehead atoms. The second-order valence-corrected chi connectivity index (χ2v) is 7.13. The molecule has 2 heterocycles. The van der Waals surface area contributed by atoms with Gasteiger partial charge in [0.15, 0.2) is 4.34 Å². The topological polar surface area (TPSA) is 81.2 Å². The molecule has 0 aliphatic carbocycles. The first-order valence-corrected chi connectivity index (χ1v) is 9.34. The van der Waals surface area contributed by atoms with Crippen LogP contribution in [0.25, 0.3) is 0 Å². The number of thioether (sulfide) groups is 1. The first-order valence-electron chi connectivity index (χ1n) is 6.60. The highest BCUT2D eigenvalue weighted by molar-refractivity contribution is 8.01. The number of ether oxygens (including phenoxy) is 1. The molecule has 0 spiro atoms. The van der Waals surface area contributed by atoms with Crippen LogP contribution in [0.2, 0.25) is 0 Å². The molecule has 1 N–H and O–H groups in total. The zero-order valence-electron chi connectivity index (χ0n) is 11.9. The van der Waals surface area contributed by atoms with Crippen LogP contribution in [0.4, 0.5) is 5.13 Å². The molecule has 0 saturated carbocycles. The Hall–Kier alpha value is -1.45. The number of rotatable bonds is 8. The number of carbonyl (C=O) groups is 2. The molecule has 6 nitrogen and oxygen atoms in total. The number of nitrogens with one attached hydrogen (secondary N) is 1. The van der Waals surface area contributed by atoms with Crippen molar-refractivity contribution in [1.29, 1.82) is 0 Å². The average molecular weight is 357 g/mol. The Bertz CT molecular complexity index is 613. The molecule has 0 aliphatic rings.